The van der Waals surface area contributed by atoms with Crippen LogP contribution in [0.15, 0.2) is 12.1 Å². The minimum atomic E-state index is -1.12. The quantitative estimate of drug-likeness (QED) is 0.879. The van der Waals surface area contributed by atoms with Gasteiger partial charge in [0.25, 0.3) is 0 Å². The van der Waals surface area contributed by atoms with Crippen molar-refractivity contribution in [3.63, 3.8) is 0 Å². The zero-order chi connectivity index (χ0) is 13.1. The summed E-state index contributed by atoms with van der Waals surface area (Å²) >= 11 is 5.76. The average Bonchev–Trinajstić information content (AvgIpc) is 2.79. The van der Waals surface area contributed by atoms with Crippen molar-refractivity contribution in [3.05, 3.63) is 22.8 Å². The number of rotatable bonds is 4. The van der Waals surface area contributed by atoms with Gasteiger partial charge in [0.05, 0.1) is 11.1 Å². The maximum atomic E-state index is 10.9. The lowest BCUT2D eigenvalue weighted by Gasteiger charge is -2.14. The highest BCUT2D eigenvalue weighted by atomic mass is 35.5. The van der Waals surface area contributed by atoms with E-state index in [1.54, 1.807) is 19.2 Å². The van der Waals surface area contributed by atoms with E-state index < -0.39 is 5.97 Å². The Balaban J connectivity index is 2.06. The molecule has 2 unspecified atom stereocenters. The molecule has 0 aliphatic heterocycles. The van der Waals surface area contributed by atoms with E-state index in [4.69, 9.17) is 21.4 Å². The summed E-state index contributed by atoms with van der Waals surface area (Å²) < 4.78 is 5.28. The van der Waals surface area contributed by atoms with Gasteiger partial charge in [0.15, 0.2) is 5.69 Å². The third-order valence-corrected chi connectivity index (χ3v) is 3.42. The number of carboxylic acids is 1. The highest BCUT2D eigenvalue weighted by Gasteiger charge is 2.24. The van der Waals surface area contributed by atoms with Crippen LogP contribution in [0.4, 0.5) is 5.82 Å². The molecule has 6 heteroatoms. The van der Waals surface area contributed by atoms with Gasteiger partial charge in [-0.15, -0.1) is 0 Å². The molecule has 1 aliphatic carbocycles. The fourth-order valence-electron chi connectivity index (χ4n) is 2.17. The van der Waals surface area contributed by atoms with Crippen molar-refractivity contribution in [2.75, 3.05) is 12.4 Å². The van der Waals surface area contributed by atoms with Crippen molar-refractivity contribution in [1.29, 1.82) is 0 Å². The first-order chi connectivity index (χ1) is 8.60. The minimum absolute atomic E-state index is 0.122. The largest absolute Gasteiger partial charge is 0.476 e. The fourth-order valence-corrected chi connectivity index (χ4v) is 2.35. The van der Waals surface area contributed by atoms with Crippen LogP contribution >= 0.6 is 11.6 Å². The molecule has 0 radical (unpaired) electrons. The molecular formula is C12H15ClN2O3. The van der Waals surface area contributed by atoms with Gasteiger partial charge >= 0.3 is 5.97 Å². The lowest BCUT2D eigenvalue weighted by molar-refractivity contribution is 0.0691. The number of ether oxygens (including phenoxy) is 1. The summed E-state index contributed by atoms with van der Waals surface area (Å²) in [7, 11) is 1.70. The molecule has 0 amide bonds. The van der Waals surface area contributed by atoms with Gasteiger partial charge in [0.1, 0.15) is 5.82 Å². The normalized spacial score (nSPS) is 23.0. The molecule has 2 N–H and O–H groups in total. The van der Waals surface area contributed by atoms with Crippen molar-refractivity contribution >= 4 is 23.4 Å². The summed E-state index contributed by atoms with van der Waals surface area (Å²) in [6.45, 7) is 0. The smallest absolute Gasteiger partial charge is 0.356 e. The number of carboxylic acid groups (broad SMARTS) is 1. The zero-order valence-corrected chi connectivity index (χ0v) is 10.8. The second-order valence-corrected chi connectivity index (χ2v) is 4.75. The van der Waals surface area contributed by atoms with Crippen LogP contribution in [-0.4, -0.2) is 35.3 Å². The van der Waals surface area contributed by atoms with Gasteiger partial charge in [-0.3, -0.25) is 0 Å². The van der Waals surface area contributed by atoms with Gasteiger partial charge in [-0.2, -0.15) is 0 Å². The third kappa shape index (κ3) is 2.91. The molecule has 1 aromatic rings. The number of halogens is 1. The van der Waals surface area contributed by atoms with Gasteiger partial charge in [-0.25, -0.2) is 9.78 Å². The number of pyridine rings is 1. The predicted octanol–water partition coefficient (Wildman–Crippen LogP) is 2.41. The van der Waals surface area contributed by atoms with Crippen LogP contribution < -0.4 is 5.32 Å². The Bertz CT molecular complexity index is 453. The molecule has 98 valence electrons. The number of nitrogens with zero attached hydrogens (tertiary/aromatic N) is 1. The topological polar surface area (TPSA) is 71.5 Å². The molecule has 1 fully saturated rings. The van der Waals surface area contributed by atoms with Crippen molar-refractivity contribution in [3.8, 4) is 0 Å². The second kappa shape index (κ2) is 5.54. The Labute approximate surface area is 110 Å². The predicted molar refractivity (Wildman–Crippen MR) is 68.3 cm³/mol. The Hall–Kier alpha value is -1.33. The number of hydrogen-bond donors (Lipinski definition) is 2. The number of aromatic carboxylic acids is 1. The van der Waals surface area contributed by atoms with Gasteiger partial charge in [-0.1, -0.05) is 11.6 Å². The van der Waals surface area contributed by atoms with Crippen LogP contribution in [0.25, 0.3) is 0 Å². The van der Waals surface area contributed by atoms with Gasteiger partial charge in [0, 0.05) is 13.2 Å². The van der Waals surface area contributed by atoms with Gasteiger partial charge < -0.3 is 15.2 Å². The van der Waals surface area contributed by atoms with Crippen LogP contribution in [0.2, 0.25) is 5.02 Å². The number of anilines is 1. The Morgan fingerprint density at radius 1 is 1.56 bits per heavy atom. The van der Waals surface area contributed by atoms with E-state index in [1.807, 2.05) is 0 Å². The molecule has 0 aromatic carbocycles. The lowest BCUT2D eigenvalue weighted by atomic mass is 10.2. The van der Waals surface area contributed by atoms with Gasteiger partial charge in [0.2, 0.25) is 0 Å². The Morgan fingerprint density at radius 2 is 2.33 bits per heavy atom. The first-order valence-electron chi connectivity index (χ1n) is 5.79. The van der Waals surface area contributed by atoms with Crippen molar-refractivity contribution < 1.29 is 14.6 Å². The van der Waals surface area contributed by atoms with E-state index in [-0.39, 0.29) is 22.9 Å². The Morgan fingerprint density at radius 3 is 2.94 bits per heavy atom. The summed E-state index contributed by atoms with van der Waals surface area (Å²) in [5, 5.41) is 12.3. The molecule has 1 aromatic heterocycles. The van der Waals surface area contributed by atoms with E-state index in [1.165, 1.54) is 0 Å². The number of aromatic nitrogens is 1. The van der Waals surface area contributed by atoms with Crippen LogP contribution in [0.5, 0.6) is 0 Å². The summed E-state index contributed by atoms with van der Waals surface area (Å²) in [5.41, 5.74) is -0.122. The molecule has 2 rings (SSSR count). The molecular weight excluding hydrogens is 256 g/mol. The molecule has 18 heavy (non-hydrogen) atoms. The molecule has 1 heterocycles. The number of nitrogens with one attached hydrogen (secondary N) is 1. The molecule has 0 saturated heterocycles. The average molecular weight is 271 g/mol. The van der Waals surface area contributed by atoms with E-state index in [2.05, 4.69) is 10.3 Å². The number of methoxy groups -OCH3 is 1. The fraction of sp³-hybridized carbons (Fsp3) is 0.500. The van der Waals surface area contributed by atoms with E-state index in [0.29, 0.717) is 5.82 Å². The number of carbonyl (C=O) groups is 1. The third-order valence-electron chi connectivity index (χ3n) is 3.12. The number of hydrogen-bond acceptors (Lipinski definition) is 4. The molecule has 5 nitrogen and oxygen atoms in total. The molecule has 0 bridgehead atoms. The lowest BCUT2D eigenvalue weighted by Crippen LogP contribution is -2.18. The summed E-state index contributed by atoms with van der Waals surface area (Å²) in [6, 6.07) is 3.50. The van der Waals surface area contributed by atoms with E-state index >= 15 is 0 Å². The van der Waals surface area contributed by atoms with Crippen molar-refractivity contribution in [1.82, 2.24) is 4.98 Å². The van der Waals surface area contributed by atoms with Crippen LogP contribution in [0, 0.1) is 0 Å². The van der Waals surface area contributed by atoms with E-state index in [9.17, 15) is 4.79 Å². The second-order valence-electron chi connectivity index (χ2n) is 4.34. The Kier molecular flexibility index (Phi) is 4.04. The van der Waals surface area contributed by atoms with Gasteiger partial charge in [-0.05, 0) is 31.4 Å². The molecule has 1 aliphatic rings. The SMILES string of the molecule is COC1CCC(Nc2ccc(Cl)c(C(=O)O)n2)C1. The summed E-state index contributed by atoms with van der Waals surface area (Å²) in [5.74, 6) is -0.580. The minimum Gasteiger partial charge on any atom is -0.476 e. The van der Waals surface area contributed by atoms with Crippen molar-refractivity contribution in [2.45, 2.75) is 31.4 Å². The standard InChI is InChI=1S/C12H15ClN2O3/c1-18-8-3-2-7(6-8)14-10-5-4-9(13)11(15-10)12(16)17/h4-5,7-8H,2-3,6H2,1H3,(H,14,15)(H,16,17). The van der Waals surface area contributed by atoms with Crippen LogP contribution in [0.3, 0.4) is 0 Å². The molecule has 2 atom stereocenters. The van der Waals surface area contributed by atoms with E-state index in [0.717, 1.165) is 19.3 Å². The summed E-state index contributed by atoms with van der Waals surface area (Å²) in [6.07, 6.45) is 3.18. The summed E-state index contributed by atoms with van der Waals surface area (Å²) in [4.78, 5) is 14.9. The maximum absolute atomic E-state index is 10.9. The van der Waals surface area contributed by atoms with Crippen molar-refractivity contribution in [2.24, 2.45) is 0 Å². The zero-order valence-electron chi connectivity index (χ0n) is 10.0. The molecule has 1 saturated carbocycles. The first-order valence-corrected chi connectivity index (χ1v) is 6.17. The monoisotopic (exact) mass is 270 g/mol. The first kappa shape index (κ1) is 13.1. The molecule has 0 spiro atoms. The highest BCUT2D eigenvalue weighted by Crippen LogP contribution is 2.25. The maximum Gasteiger partial charge on any atom is 0.356 e. The highest BCUT2D eigenvalue weighted by molar-refractivity contribution is 6.33. The van der Waals surface area contributed by atoms with Crippen LogP contribution in [0.1, 0.15) is 29.8 Å². The van der Waals surface area contributed by atoms with Crippen LogP contribution in [-0.2, 0) is 4.74 Å².